The van der Waals surface area contributed by atoms with E-state index in [0.717, 1.165) is 6.54 Å². The lowest BCUT2D eigenvalue weighted by molar-refractivity contribution is 0.130. The van der Waals surface area contributed by atoms with Crippen LogP contribution in [-0.4, -0.2) is 34.8 Å². The maximum absolute atomic E-state index is 5.23. The molecule has 0 unspecified atom stereocenters. The highest BCUT2D eigenvalue weighted by molar-refractivity contribution is 5.85. The molecule has 1 aromatic rings. The van der Waals surface area contributed by atoms with E-state index in [0.29, 0.717) is 19.8 Å². The quantitative estimate of drug-likeness (QED) is 0.727. The molecule has 0 radical (unpaired) electrons. The Labute approximate surface area is 89.4 Å². The molecule has 0 saturated heterocycles. The highest BCUT2D eigenvalue weighted by atomic mass is 35.5. The van der Waals surface area contributed by atoms with E-state index in [1.807, 2.05) is 0 Å². The highest BCUT2D eigenvalue weighted by Crippen LogP contribution is 1.81. The Bertz CT molecular complexity index is 183. The summed E-state index contributed by atoms with van der Waals surface area (Å²) in [5.74, 6) is 0. The van der Waals surface area contributed by atoms with Gasteiger partial charge in [-0.3, -0.25) is 4.68 Å². The molecule has 1 heterocycles. The highest BCUT2D eigenvalue weighted by Gasteiger charge is 1.89. The van der Waals surface area contributed by atoms with E-state index in [4.69, 9.17) is 10.5 Å². The van der Waals surface area contributed by atoms with Crippen molar-refractivity contribution in [2.75, 3.05) is 19.8 Å². The van der Waals surface area contributed by atoms with Crippen LogP contribution in [0.2, 0.25) is 0 Å². The third-order valence-corrected chi connectivity index (χ3v) is 1.20. The van der Waals surface area contributed by atoms with Crippen LogP contribution in [0.15, 0.2) is 12.4 Å². The SMILES string of the molecule is Cl.Cl.NCCOCCn1ccnn1. The average Bonchev–Trinajstić information content (AvgIpc) is 2.50. The van der Waals surface area contributed by atoms with Crippen LogP contribution in [-0.2, 0) is 11.3 Å². The van der Waals surface area contributed by atoms with Gasteiger partial charge >= 0.3 is 0 Å². The summed E-state index contributed by atoms with van der Waals surface area (Å²) in [6.07, 6.45) is 3.44. The van der Waals surface area contributed by atoms with Crippen molar-refractivity contribution in [1.29, 1.82) is 0 Å². The van der Waals surface area contributed by atoms with Crippen molar-refractivity contribution in [3.05, 3.63) is 12.4 Å². The van der Waals surface area contributed by atoms with E-state index in [9.17, 15) is 0 Å². The van der Waals surface area contributed by atoms with Gasteiger partial charge in [0.15, 0.2) is 0 Å². The molecule has 0 aliphatic rings. The molecule has 0 spiro atoms. The Kier molecular flexibility index (Phi) is 11.3. The molecule has 78 valence electrons. The minimum Gasteiger partial charge on any atom is -0.378 e. The molecule has 0 saturated carbocycles. The van der Waals surface area contributed by atoms with Gasteiger partial charge in [-0.05, 0) is 0 Å². The van der Waals surface area contributed by atoms with Gasteiger partial charge in [0, 0.05) is 12.7 Å². The molecule has 13 heavy (non-hydrogen) atoms. The number of hydrogen-bond donors (Lipinski definition) is 1. The summed E-state index contributed by atoms with van der Waals surface area (Å²) in [5.41, 5.74) is 5.23. The Morgan fingerprint density at radius 3 is 2.62 bits per heavy atom. The van der Waals surface area contributed by atoms with E-state index in [1.54, 1.807) is 17.1 Å². The van der Waals surface area contributed by atoms with Crippen molar-refractivity contribution >= 4 is 24.8 Å². The summed E-state index contributed by atoms with van der Waals surface area (Å²) in [6, 6.07) is 0. The van der Waals surface area contributed by atoms with Crippen molar-refractivity contribution in [1.82, 2.24) is 15.0 Å². The molecule has 0 aromatic carbocycles. The van der Waals surface area contributed by atoms with Crippen LogP contribution in [0.1, 0.15) is 0 Å². The lowest BCUT2D eigenvalue weighted by atomic mass is 10.6. The van der Waals surface area contributed by atoms with Crippen LogP contribution in [0.5, 0.6) is 0 Å². The molecule has 2 N–H and O–H groups in total. The molecule has 1 rings (SSSR count). The van der Waals surface area contributed by atoms with Gasteiger partial charge in [-0.15, -0.1) is 29.9 Å². The van der Waals surface area contributed by atoms with Crippen molar-refractivity contribution < 1.29 is 4.74 Å². The average molecular weight is 229 g/mol. The zero-order chi connectivity index (χ0) is 7.94. The first kappa shape index (κ1) is 15.1. The molecule has 0 amide bonds. The maximum Gasteiger partial charge on any atom is 0.0692 e. The van der Waals surface area contributed by atoms with Crippen molar-refractivity contribution in [3.63, 3.8) is 0 Å². The zero-order valence-corrected chi connectivity index (χ0v) is 8.76. The van der Waals surface area contributed by atoms with Gasteiger partial charge < -0.3 is 10.5 Å². The second kappa shape index (κ2) is 9.73. The van der Waals surface area contributed by atoms with Crippen LogP contribution in [0.4, 0.5) is 0 Å². The fourth-order valence-electron chi connectivity index (χ4n) is 0.695. The van der Waals surface area contributed by atoms with Gasteiger partial charge in [0.1, 0.15) is 0 Å². The summed E-state index contributed by atoms with van der Waals surface area (Å²) in [5, 5.41) is 7.42. The molecule has 1 aromatic heterocycles. The van der Waals surface area contributed by atoms with Crippen LogP contribution in [0.3, 0.4) is 0 Å². The lowest BCUT2D eigenvalue weighted by Gasteiger charge is -2.00. The van der Waals surface area contributed by atoms with Gasteiger partial charge in [-0.2, -0.15) is 0 Å². The van der Waals surface area contributed by atoms with E-state index in [2.05, 4.69) is 10.3 Å². The normalized spacial score (nSPS) is 8.69. The number of nitrogens with two attached hydrogens (primary N) is 1. The first-order chi connectivity index (χ1) is 5.43. The second-order valence-corrected chi connectivity index (χ2v) is 2.07. The molecule has 0 aliphatic heterocycles. The third kappa shape index (κ3) is 6.77. The number of hydrogen-bond acceptors (Lipinski definition) is 4. The Morgan fingerprint density at radius 1 is 1.31 bits per heavy atom. The Hall–Kier alpha value is -0.360. The molecule has 7 heteroatoms. The van der Waals surface area contributed by atoms with Crippen molar-refractivity contribution in [3.8, 4) is 0 Å². The molecular weight excluding hydrogens is 215 g/mol. The van der Waals surface area contributed by atoms with Gasteiger partial charge in [0.05, 0.1) is 26.0 Å². The third-order valence-electron chi connectivity index (χ3n) is 1.20. The largest absolute Gasteiger partial charge is 0.378 e. The van der Waals surface area contributed by atoms with Gasteiger partial charge in [0.25, 0.3) is 0 Å². The lowest BCUT2D eigenvalue weighted by Crippen LogP contribution is -2.12. The summed E-state index contributed by atoms with van der Waals surface area (Å²) in [4.78, 5) is 0. The minimum atomic E-state index is 0. The van der Waals surface area contributed by atoms with Crippen LogP contribution in [0.25, 0.3) is 0 Å². The monoisotopic (exact) mass is 228 g/mol. The van der Waals surface area contributed by atoms with Crippen LogP contribution in [0, 0.1) is 0 Å². The van der Waals surface area contributed by atoms with E-state index in [1.165, 1.54) is 0 Å². The maximum atomic E-state index is 5.23. The molecule has 0 atom stereocenters. The zero-order valence-electron chi connectivity index (χ0n) is 7.13. The van der Waals surface area contributed by atoms with E-state index >= 15 is 0 Å². The number of nitrogens with zero attached hydrogens (tertiary/aromatic N) is 3. The molecule has 0 fully saturated rings. The second-order valence-electron chi connectivity index (χ2n) is 2.07. The topological polar surface area (TPSA) is 66.0 Å². The molecule has 0 bridgehead atoms. The van der Waals surface area contributed by atoms with Gasteiger partial charge in [0.2, 0.25) is 0 Å². The van der Waals surface area contributed by atoms with Crippen LogP contribution >= 0.6 is 24.8 Å². The summed E-state index contributed by atoms with van der Waals surface area (Å²) >= 11 is 0. The summed E-state index contributed by atoms with van der Waals surface area (Å²) < 4.78 is 6.86. The first-order valence-electron chi connectivity index (χ1n) is 3.55. The van der Waals surface area contributed by atoms with Gasteiger partial charge in [-0.25, -0.2) is 0 Å². The predicted octanol–water partition coefficient (Wildman–Crippen LogP) is 0.0970. The van der Waals surface area contributed by atoms with Gasteiger partial charge in [-0.1, -0.05) is 5.21 Å². The smallest absolute Gasteiger partial charge is 0.0692 e. The summed E-state index contributed by atoms with van der Waals surface area (Å²) in [7, 11) is 0. The summed E-state index contributed by atoms with van der Waals surface area (Å²) in [6.45, 7) is 2.55. The van der Waals surface area contributed by atoms with E-state index < -0.39 is 0 Å². The number of halogens is 2. The Balaban J connectivity index is 0. The van der Waals surface area contributed by atoms with Crippen molar-refractivity contribution in [2.45, 2.75) is 6.54 Å². The molecular formula is C6H14Cl2N4O. The number of rotatable bonds is 5. The molecule has 5 nitrogen and oxygen atoms in total. The predicted molar refractivity (Wildman–Crippen MR) is 54.4 cm³/mol. The van der Waals surface area contributed by atoms with E-state index in [-0.39, 0.29) is 24.8 Å². The van der Waals surface area contributed by atoms with Crippen molar-refractivity contribution in [2.24, 2.45) is 5.73 Å². The number of ether oxygens (including phenoxy) is 1. The minimum absolute atomic E-state index is 0. The molecule has 0 aliphatic carbocycles. The van der Waals surface area contributed by atoms with Crippen LogP contribution < -0.4 is 5.73 Å². The fraction of sp³-hybridized carbons (Fsp3) is 0.667. The first-order valence-corrected chi connectivity index (χ1v) is 3.55. The number of aromatic nitrogens is 3. The Morgan fingerprint density at radius 2 is 2.08 bits per heavy atom. The standard InChI is InChI=1S/C6H12N4O.2ClH/c7-1-5-11-6-4-10-3-2-8-9-10;;/h2-3H,1,4-7H2;2*1H. The fourth-order valence-corrected chi connectivity index (χ4v) is 0.695.